The van der Waals surface area contributed by atoms with E-state index in [4.69, 9.17) is 0 Å². The number of aromatic nitrogens is 1. The van der Waals surface area contributed by atoms with E-state index >= 15 is 0 Å². The Morgan fingerprint density at radius 3 is 2.10 bits per heavy atom. The summed E-state index contributed by atoms with van der Waals surface area (Å²) in [6.45, 7) is 5.51. The summed E-state index contributed by atoms with van der Waals surface area (Å²) in [6.07, 6.45) is 2.46. The maximum Gasteiger partial charge on any atom is 0.255 e. The van der Waals surface area contributed by atoms with Gasteiger partial charge in [-0.25, -0.2) is 9.37 Å². The summed E-state index contributed by atoms with van der Waals surface area (Å²) in [5.41, 5.74) is 1.59. The van der Waals surface area contributed by atoms with Crippen LogP contribution < -0.4 is 9.80 Å². The van der Waals surface area contributed by atoms with Crippen LogP contribution in [0.15, 0.2) is 42.6 Å². The minimum absolute atomic E-state index is 0.0456. The first-order valence-corrected chi connectivity index (χ1v) is 9.84. The first-order chi connectivity index (χ1) is 14.1. The van der Waals surface area contributed by atoms with Gasteiger partial charge in [0.15, 0.2) is 0 Å². The normalized spacial score (nSPS) is 17.4. The highest BCUT2D eigenvalue weighted by Crippen LogP contribution is 2.20. The van der Waals surface area contributed by atoms with Gasteiger partial charge in [0.05, 0.1) is 5.56 Å². The monoisotopic (exact) mass is 397 g/mol. The summed E-state index contributed by atoms with van der Waals surface area (Å²) in [5.74, 6) is 0.582. The van der Waals surface area contributed by atoms with Crippen LogP contribution in [0.4, 0.5) is 15.9 Å². The maximum atomic E-state index is 13.1. The van der Waals surface area contributed by atoms with Gasteiger partial charge >= 0.3 is 0 Å². The minimum Gasteiger partial charge on any atom is -0.368 e. The molecule has 1 aromatic heterocycles. The second-order valence-electron chi connectivity index (χ2n) is 7.29. The molecule has 2 amide bonds. The summed E-state index contributed by atoms with van der Waals surface area (Å²) >= 11 is 0. The Hall–Kier alpha value is -3.16. The van der Waals surface area contributed by atoms with Gasteiger partial charge in [-0.2, -0.15) is 0 Å². The molecule has 29 heavy (non-hydrogen) atoms. The Morgan fingerprint density at radius 1 is 0.862 bits per heavy atom. The molecule has 2 aliphatic heterocycles. The van der Waals surface area contributed by atoms with E-state index in [0.717, 1.165) is 44.1 Å². The topological polar surface area (TPSA) is 60.0 Å². The van der Waals surface area contributed by atoms with Gasteiger partial charge in [0.1, 0.15) is 11.6 Å². The van der Waals surface area contributed by atoms with Gasteiger partial charge in [-0.05, 0) is 36.4 Å². The van der Waals surface area contributed by atoms with Crippen LogP contribution in [0.25, 0.3) is 0 Å². The number of benzene rings is 1. The highest BCUT2D eigenvalue weighted by molar-refractivity contribution is 5.94. The van der Waals surface area contributed by atoms with Crippen molar-refractivity contribution >= 4 is 23.8 Å². The van der Waals surface area contributed by atoms with Crippen molar-refractivity contribution in [2.45, 2.75) is 0 Å². The first kappa shape index (κ1) is 19.2. The average molecular weight is 397 g/mol. The van der Waals surface area contributed by atoms with Crippen LogP contribution in [-0.2, 0) is 4.79 Å². The predicted molar refractivity (Wildman–Crippen MR) is 109 cm³/mol. The van der Waals surface area contributed by atoms with Crippen molar-refractivity contribution in [3.05, 3.63) is 54.0 Å². The Bertz CT molecular complexity index is 842. The van der Waals surface area contributed by atoms with Gasteiger partial charge in [-0.15, -0.1) is 0 Å². The molecule has 2 aromatic rings. The zero-order valence-corrected chi connectivity index (χ0v) is 16.2. The molecule has 2 fully saturated rings. The fourth-order valence-corrected chi connectivity index (χ4v) is 3.76. The van der Waals surface area contributed by atoms with Crippen LogP contribution in [0.3, 0.4) is 0 Å². The molecular weight excluding hydrogens is 373 g/mol. The van der Waals surface area contributed by atoms with E-state index < -0.39 is 0 Å². The van der Waals surface area contributed by atoms with Crippen LogP contribution in [0.5, 0.6) is 0 Å². The molecule has 0 unspecified atom stereocenters. The van der Waals surface area contributed by atoms with Crippen LogP contribution in [0, 0.1) is 5.82 Å². The van der Waals surface area contributed by atoms with E-state index in [0.29, 0.717) is 31.7 Å². The lowest BCUT2D eigenvalue weighted by Crippen LogP contribution is -2.48. The SMILES string of the molecule is O=CN1CCN(C(=O)c2ccc(N3CCN(c4ccc(F)cc4)CC3)nc2)CC1. The smallest absolute Gasteiger partial charge is 0.255 e. The van der Waals surface area contributed by atoms with E-state index in [-0.39, 0.29) is 11.7 Å². The number of halogens is 1. The first-order valence-electron chi connectivity index (χ1n) is 9.84. The second-order valence-corrected chi connectivity index (χ2v) is 7.29. The zero-order valence-electron chi connectivity index (χ0n) is 16.2. The Kier molecular flexibility index (Phi) is 5.59. The van der Waals surface area contributed by atoms with Gasteiger partial charge < -0.3 is 19.6 Å². The van der Waals surface area contributed by atoms with Crippen molar-refractivity contribution in [1.29, 1.82) is 0 Å². The van der Waals surface area contributed by atoms with Gasteiger partial charge in [0, 0.05) is 64.2 Å². The second kappa shape index (κ2) is 8.46. The number of piperazine rings is 2. The summed E-state index contributed by atoms with van der Waals surface area (Å²) < 4.78 is 13.1. The zero-order chi connectivity index (χ0) is 20.2. The lowest BCUT2D eigenvalue weighted by molar-refractivity contribution is -0.119. The van der Waals surface area contributed by atoms with E-state index in [1.54, 1.807) is 28.1 Å². The molecule has 0 N–H and O–H groups in total. The molecule has 0 radical (unpaired) electrons. The van der Waals surface area contributed by atoms with Crippen LogP contribution in [0.1, 0.15) is 10.4 Å². The van der Waals surface area contributed by atoms with Crippen LogP contribution in [0.2, 0.25) is 0 Å². The fraction of sp³-hybridized carbons (Fsp3) is 0.381. The molecule has 0 atom stereocenters. The lowest BCUT2D eigenvalue weighted by Gasteiger charge is -2.36. The molecule has 8 heteroatoms. The van der Waals surface area contributed by atoms with E-state index in [1.165, 1.54) is 12.1 Å². The van der Waals surface area contributed by atoms with Crippen LogP contribution in [-0.4, -0.2) is 79.5 Å². The Morgan fingerprint density at radius 2 is 1.52 bits per heavy atom. The average Bonchev–Trinajstić information content (AvgIpc) is 2.79. The molecule has 7 nitrogen and oxygen atoms in total. The molecular formula is C21H24FN5O2. The van der Waals surface area contributed by atoms with Crippen molar-refractivity contribution in [2.24, 2.45) is 0 Å². The summed E-state index contributed by atoms with van der Waals surface area (Å²) in [5, 5.41) is 0. The van der Waals surface area contributed by atoms with Gasteiger partial charge in [0.25, 0.3) is 5.91 Å². The number of hydrogen-bond acceptors (Lipinski definition) is 5. The van der Waals surface area contributed by atoms with Gasteiger partial charge in [-0.3, -0.25) is 9.59 Å². The number of carbonyl (C=O) groups excluding carboxylic acids is 2. The largest absolute Gasteiger partial charge is 0.368 e. The standard InChI is InChI=1S/C21H24FN5O2/c22-18-2-4-19(5-3-18)25-11-13-26(14-12-25)20-6-1-17(15-23-20)21(29)27-9-7-24(16-28)8-10-27/h1-6,15-16H,7-14H2. The van der Waals surface area contributed by atoms with Crippen LogP contribution >= 0.6 is 0 Å². The van der Waals surface area contributed by atoms with Gasteiger partial charge in [0.2, 0.25) is 6.41 Å². The van der Waals surface area contributed by atoms with E-state index in [1.807, 2.05) is 12.1 Å². The Labute approximate surface area is 169 Å². The van der Waals surface area contributed by atoms with Crippen molar-refractivity contribution in [2.75, 3.05) is 62.2 Å². The minimum atomic E-state index is -0.225. The maximum absolute atomic E-state index is 13.1. The fourth-order valence-electron chi connectivity index (χ4n) is 3.76. The molecule has 3 heterocycles. The number of nitrogens with zero attached hydrogens (tertiary/aromatic N) is 5. The molecule has 4 rings (SSSR count). The van der Waals surface area contributed by atoms with Crippen molar-refractivity contribution in [3.8, 4) is 0 Å². The summed E-state index contributed by atoms with van der Waals surface area (Å²) in [6, 6.07) is 10.3. The number of amides is 2. The quantitative estimate of drug-likeness (QED) is 0.731. The van der Waals surface area contributed by atoms with Crippen molar-refractivity contribution in [3.63, 3.8) is 0 Å². The summed E-state index contributed by atoms with van der Waals surface area (Å²) in [4.78, 5) is 35.8. The summed E-state index contributed by atoms with van der Waals surface area (Å²) in [7, 11) is 0. The molecule has 0 bridgehead atoms. The predicted octanol–water partition coefficient (Wildman–Crippen LogP) is 1.46. The molecule has 0 spiro atoms. The van der Waals surface area contributed by atoms with E-state index in [2.05, 4.69) is 14.8 Å². The third kappa shape index (κ3) is 4.31. The highest BCUT2D eigenvalue weighted by atomic mass is 19.1. The Balaban J connectivity index is 1.33. The number of anilines is 2. The molecule has 152 valence electrons. The molecule has 1 aromatic carbocycles. The third-order valence-electron chi connectivity index (χ3n) is 5.54. The van der Waals surface area contributed by atoms with E-state index in [9.17, 15) is 14.0 Å². The lowest BCUT2D eigenvalue weighted by atomic mass is 10.2. The molecule has 2 aliphatic rings. The number of pyridine rings is 1. The molecule has 0 saturated carbocycles. The third-order valence-corrected chi connectivity index (χ3v) is 5.54. The molecule has 0 aliphatic carbocycles. The number of carbonyl (C=O) groups is 2. The molecule has 2 saturated heterocycles. The highest BCUT2D eigenvalue weighted by Gasteiger charge is 2.23. The number of hydrogen-bond donors (Lipinski definition) is 0. The van der Waals surface area contributed by atoms with Crippen molar-refractivity contribution in [1.82, 2.24) is 14.8 Å². The van der Waals surface area contributed by atoms with Gasteiger partial charge in [-0.1, -0.05) is 0 Å². The number of rotatable bonds is 4. The van der Waals surface area contributed by atoms with Crippen molar-refractivity contribution < 1.29 is 14.0 Å².